The van der Waals surface area contributed by atoms with E-state index in [0.29, 0.717) is 12.1 Å². The first-order valence-electron chi connectivity index (χ1n) is 3.50. The topological polar surface area (TPSA) is 69.1 Å². The van der Waals surface area contributed by atoms with Gasteiger partial charge in [-0.3, -0.25) is 4.79 Å². The van der Waals surface area contributed by atoms with E-state index in [1.54, 1.807) is 13.0 Å². The lowest BCUT2D eigenvalue weighted by molar-refractivity contribution is -0.124. The van der Waals surface area contributed by atoms with Gasteiger partial charge in [0.25, 0.3) is 0 Å². The molecule has 60 valence electrons. The third-order valence-electron chi connectivity index (χ3n) is 2.12. The van der Waals surface area contributed by atoms with Crippen LogP contribution in [0.15, 0.2) is 23.9 Å². The molecule has 11 heavy (non-hydrogen) atoms. The number of allylic oxidation sites excluding steroid dienone is 3. The lowest BCUT2D eigenvalue weighted by Gasteiger charge is -2.26. The van der Waals surface area contributed by atoms with E-state index in [0.717, 1.165) is 0 Å². The molecule has 3 heteroatoms. The minimum absolute atomic E-state index is 0.365. The molecule has 1 unspecified atom stereocenters. The normalized spacial score (nSPS) is 29.7. The summed E-state index contributed by atoms with van der Waals surface area (Å²) in [5.41, 5.74) is 10.7. The molecule has 0 aromatic rings. The Labute approximate surface area is 65.8 Å². The Kier molecular flexibility index (Phi) is 1.72. The fraction of sp³-hybridized carbons (Fsp3) is 0.375. The maximum Gasteiger partial charge on any atom is 0.229 e. The van der Waals surface area contributed by atoms with Crippen molar-refractivity contribution in [2.75, 3.05) is 0 Å². The molecule has 1 aliphatic rings. The van der Waals surface area contributed by atoms with Crippen LogP contribution in [-0.4, -0.2) is 5.91 Å². The Morgan fingerprint density at radius 3 is 2.73 bits per heavy atom. The van der Waals surface area contributed by atoms with Crippen LogP contribution in [0.1, 0.15) is 13.3 Å². The number of carbonyl (C=O) groups is 1. The summed E-state index contributed by atoms with van der Waals surface area (Å²) < 4.78 is 0. The highest BCUT2D eigenvalue weighted by Crippen LogP contribution is 2.30. The Bertz CT molecular complexity index is 242. The quantitative estimate of drug-likeness (QED) is 0.566. The van der Waals surface area contributed by atoms with Crippen LogP contribution in [0, 0.1) is 5.41 Å². The van der Waals surface area contributed by atoms with Crippen LogP contribution in [0.2, 0.25) is 0 Å². The number of amides is 1. The van der Waals surface area contributed by atoms with Crippen molar-refractivity contribution in [1.29, 1.82) is 0 Å². The van der Waals surface area contributed by atoms with E-state index in [1.165, 1.54) is 0 Å². The summed E-state index contributed by atoms with van der Waals surface area (Å²) in [5.74, 6) is -0.365. The molecule has 0 spiro atoms. The molecule has 0 aliphatic heterocycles. The van der Waals surface area contributed by atoms with Gasteiger partial charge in [-0.2, -0.15) is 0 Å². The number of nitrogens with two attached hydrogens (primary N) is 2. The molecule has 1 rings (SSSR count). The molecule has 0 bridgehead atoms. The smallest absolute Gasteiger partial charge is 0.229 e. The van der Waals surface area contributed by atoms with Gasteiger partial charge in [0.2, 0.25) is 5.91 Å². The first kappa shape index (κ1) is 7.85. The minimum atomic E-state index is -0.672. The lowest BCUT2D eigenvalue weighted by atomic mass is 9.80. The summed E-state index contributed by atoms with van der Waals surface area (Å²) in [6.45, 7) is 1.75. The fourth-order valence-corrected chi connectivity index (χ4v) is 1.02. The summed E-state index contributed by atoms with van der Waals surface area (Å²) in [6.07, 6.45) is 6.04. The minimum Gasteiger partial charge on any atom is -0.401 e. The second-order valence-electron chi connectivity index (χ2n) is 2.95. The maximum absolute atomic E-state index is 11.0. The highest BCUT2D eigenvalue weighted by Gasteiger charge is 2.33. The Hall–Kier alpha value is -1.25. The predicted octanol–water partition coefficient (Wildman–Crippen LogP) is 0.280. The van der Waals surface area contributed by atoms with Crippen molar-refractivity contribution in [3.8, 4) is 0 Å². The molecule has 1 aliphatic carbocycles. The van der Waals surface area contributed by atoms with E-state index >= 15 is 0 Å². The zero-order valence-corrected chi connectivity index (χ0v) is 6.50. The maximum atomic E-state index is 11.0. The van der Waals surface area contributed by atoms with Crippen LogP contribution in [-0.2, 0) is 4.79 Å². The van der Waals surface area contributed by atoms with E-state index in [9.17, 15) is 4.79 Å². The van der Waals surface area contributed by atoms with Crippen molar-refractivity contribution in [3.05, 3.63) is 23.9 Å². The molecule has 3 nitrogen and oxygen atoms in total. The van der Waals surface area contributed by atoms with Crippen LogP contribution < -0.4 is 11.5 Å². The van der Waals surface area contributed by atoms with Gasteiger partial charge in [-0.15, -0.1) is 0 Å². The molecule has 0 aromatic heterocycles. The third kappa shape index (κ3) is 1.13. The van der Waals surface area contributed by atoms with Crippen LogP contribution in [0.5, 0.6) is 0 Å². The standard InChI is InChI=1S/C8H12N2O/c1-8(7(10)11)5-3-2-4-6(8)9/h2-4H,5,9H2,1H3,(H2,10,11). The van der Waals surface area contributed by atoms with Crippen LogP contribution in [0.4, 0.5) is 0 Å². The second-order valence-corrected chi connectivity index (χ2v) is 2.95. The molecule has 4 N–H and O–H groups in total. The fourth-order valence-electron chi connectivity index (χ4n) is 1.02. The average Bonchev–Trinajstić information content (AvgIpc) is 1.95. The number of hydrogen-bond donors (Lipinski definition) is 2. The van der Waals surface area contributed by atoms with Crippen LogP contribution >= 0.6 is 0 Å². The molecular weight excluding hydrogens is 140 g/mol. The van der Waals surface area contributed by atoms with Crippen molar-refractivity contribution < 1.29 is 4.79 Å². The molecule has 0 radical (unpaired) electrons. The van der Waals surface area contributed by atoms with E-state index in [1.807, 2.05) is 12.2 Å². The molecule has 0 fully saturated rings. The van der Waals surface area contributed by atoms with Crippen LogP contribution in [0.3, 0.4) is 0 Å². The number of hydrogen-bond acceptors (Lipinski definition) is 2. The molecule has 1 amide bonds. The zero-order valence-electron chi connectivity index (χ0n) is 6.50. The molecule has 0 heterocycles. The number of carbonyl (C=O) groups excluding carboxylic acids is 1. The zero-order chi connectivity index (χ0) is 8.48. The largest absolute Gasteiger partial charge is 0.401 e. The van der Waals surface area contributed by atoms with Gasteiger partial charge in [-0.05, 0) is 19.4 Å². The van der Waals surface area contributed by atoms with Gasteiger partial charge in [0.15, 0.2) is 0 Å². The molecule has 0 aromatic carbocycles. The van der Waals surface area contributed by atoms with Crippen molar-refractivity contribution >= 4 is 5.91 Å². The molecular formula is C8H12N2O. The van der Waals surface area contributed by atoms with Gasteiger partial charge in [0, 0.05) is 5.70 Å². The highest BCUT2D eigenvalue weighted by atomic mass is 16.1. The third-order valence-corrected chi connectivity index (χ3v) is 2.12. The van der Waals surface area contributed by atoms with E-state index in [4.69, 9.17) is 11.5 Å². The molecule has 0 saturated carbocycles. The SMILES string of the molecule is CC1(C(N)=O)CC=CC=C1N. The molecule has 1 atom stereocenters. The lowest BCUT2D eigenvalue weighted by Crippen LogP contribution is -2.39. The first-order valence-corrected chi connectivity index (χ1v) is 3.50. The Balaban J connectivity index is 2.97. The van der Waals surface area contributed by atoms with Gasteiger partial charge >= 0.3 is 0 Å². The Morgan fingerprint density at radius 2 is 2.36 bits per heavy atom. The van der Waals surface area contributed by atoms with E-state index < -0.39 is 5.41 Å². The highest BCUT2D eigenvalue weighted by molar-refractivity contribution is 5.84. The Morgan fingerprint density at radius 1 is 1.73 bits per heavy atom. The summed E-state index contributed by atoms with van der Waals surface area (Å²) in [7, 11) is 0. The van der Waals surface area contributed by atoms with Gasteiger partial charge in [0.05, 0.1) is 5.41 Å². The number of rotatable bonds is 1. The van der Waals surface area contributed by atoms with Crippen molar-refractivity contribution in [2.45, 2.75) is 13.3 Å². The number of primary amides is 1. The van der Waals surface area contributed by atoms with Gasteiger partial charge in [-0.25, -0.2) is 0 Å². The average molecular weight is 152 g/mol. The first-order chi connectivity index (χ1) is 5.07. The van der Waals surface area contributed by atoms with E-state index in [-0.39, 0.29) is 5.91 Å². The van der Waals surface area contributed by atoms with Gasteiger partial charge < -0.3 is 11.5 Å². The van der Waals surface area contributed by atoms with Gasteiger partial charge in [-0.1, -0.05) is 12.2 Å². The monoisotopic (exact) mass is 152 g/mol. The summed E-state index contributed by atoms with van der Waals surface area (Å²) in [4.78, 5) is 11.0. The molecule has 0 saturated heterocycles. The van der Waals surface area contributed by atoms with Crippen molar-refractivity contribution in [3.63, 3.8) is 0 Å². The predicted molar refractivity (Wildman–Crippen MR) is 43.3 cm³/mol. The van der Waals surface area contributed by atoms with Gasteiger partial charge in [0.1, 0.15) is 0 Å². The van der Waals surface area contributed by atoms with E-state index in [2.05, 4.69) is 0 Å². The van der Waals surface area contributed by atoms with Crippen LogP contribution in [0.25, 0.3) is 0 Å². The van der Waals surface area contributed by atoms with Crippen molar-refractivity contribution in [1.82, 2.24) is 0 Å². The van der Waals surface area contributed by atoms with Crippen molar-refractivity contribution in [2.24, 2.45) is 16.9 Å². The summed E-state index contributed by atoms with van der Waals surface area (Å²) >= 11 is 0. The summed E-state index contributed by atoms with van der Waals surface area (Å²) in [6, 6.07) is 0. The summed E-state index contributed by atoms with van der Waals surface area (Å²) in [5, 5.41) is 0. The second kappa shape index (κ2) is 2.42.